The molecule has 5 heteroatoms. The van der Waals surface area contributed by atoms with E-state index in [2.05, 4.69) is 29.8 Å². The molecule has 2 aliphatic rings. The van der Waals surface area contributed by atoms with Gasteiger partial charge in [0.2, 0.25) is 5.91 Å². The highest BCUT2D eigenvalue weighted by Crippen LogP contribution is 2.29. The first-order valence-corrected chi connectivity index (χ1v) is 8.40. The van der Waals surface area contributed by atoms with Gasteiger partial charge < -0.3 is 15.0 Å². The fraction of sp³-hybridized carbons (Fsp3) is 0.667. The van der Waals surface area contributed by atoms with Gasteiger partial charge in [-0.3, -0.25) is 4.79 Å². The van der Waals surface area contributed by atoms with Crippen LogP contribution in [-0.2, 0) is 9.53 Å². The van der Waals surface area contributed by atoms with Crippen LogP contribution in [0.5, 0.6) is 0 Å². The average molecular weight is 295 g/mol. The van der Waals surface area contributed by atoms with E-state index < -0.39 is 0 Å². The van der Waals surface area contributed by atoms with Crippen LogP contribution in [0.3, 0.4) is 0 Å². The van der Waals surface area contributed by atoms with Crippen molar-refractivity contribution in [3.63, 3.8) is 0 Å². The molecule has 0 aromatic carbocycles. The third kappa shape index (κ3) is 3.22. The van der Waals surface area contributed by atoms with Crippen molar-refractivity contribution >= 4 is 17.2 Å². The Morgan fingerprint density at radius 1 is 1.45 bits per heavy atom. The Kier molecular flexibility index (Phi) is 4.38. The predicted molar refractivity (Wildman–Crippen MR) is 78.9 cm³/mol. The van der Waals surface area contributed by atoms with Gasteiger partial charge >= 0.3 is 0 Å². The number of ether oxygens (including phenoxy) is 1. The Hall–Kier alpha value is -0.910. The molecule has 110 valence electrons. The van der Waals surface area contributed by atoms with Gasteiger partial charge in [-0.1, -0.05) is 6.07 Å². The molecular weight excluding hydrogens is 272 g/mol. The summed E-state index contributed by atoms with van der Waals surface area (Å²) in [5, 5.41) is 5.36. The van der Waals surface area contributed by atoms with Gasteiger partial charge in [0.25, 0.3) is 0 Å². The summed E-state index contributed by atoms with van der Waals surface area (Å²) in [7, 11) is 0. The molecule has 1 aromatic rings. The molecule has 1 aromatic heterocycles. The second-order valence-corrected chi connectivity index (χ2v) is 6.81. The largest absolute Gasteiger partial charge is 0.370 e. The SMILES string of the molecule is C[C@@H](NC(=O)C1CC1)[C@H](c1cccs1)[NH+]1CCOCC1. The van der Waals surface area contributed by atoms with Crippen LogP contribution < -0.4 is 10.2 Å². The normalized spacial score (nSPS) is 23.2. The summed E-state index contributed by atoms with van der Waals surface area (Å²) in [6, 6.07) is 4.82. The minimum Gasteiger partial charge on any atom is -0.370 e. The van der Waals surface area contributed by atoms with Gasteiger partial charge in [-0.2, -0.15) is 0 Å². The number of carbonyl (C=O) groups excluding carboxylic acids is 1. The molecule has 0 spiro atoms. The summed E-state index contributed by atoms with van der Waals surface area (Å²) in [6.07, 6.45) is 2.12. The summed E-state index contributed by atoms with van der Waals surface area (Å²) in [5.74, 6) is 0.521. The second kappa shape index (κ2) is 6.24. The minimum atomic E-state index is 0.176. The standard InChI is InChI=1S/C15H22N2O2S/c1-11(16-15(18)12-4-5-12)14(13-3-2-10-20-13)17-6-8-19-9-7-17/h2-3,10-12,14H,4-9H2,1H3,(H,16,18)/p+1/t11-,14-/m1/s1. The molecule has 3 rings (SSSR count). The minimum absolute atomic E-state index is 0.176. The maximum atomic E-state index is 12.0. The molecule has 1 saturated carbocycles. The van der Waals surface area contributed by atoms with Gasteiger partial charge in [0.05, 0.1) is 24.1 Å². The van der Waals surface area contributed by atoms with E-state index in [-0.39, 0.29) is 17.9 Å². The van der Waals surface area contributed by atoms with E-state index in [0.29, 0.717) is 6.04 Å². The van der Waals surface area contributed by atoms with Crippen LogP contribution in [0.1, 0.15) is 30.7 Å². The van der Waals surface area contributed by atoms with E-state index in [4.69, 9.17) is 4.74 Å². The summed E-state index contributed by atoms with van der Waals surface area (Å²) in [4.78, 5) is 14.9. The van der Waals surface area contributed by atoms with E-state index in [1.54, 1.807) is 11.3 Å². The Morgan fingerprint density at radius 2 is 2.20 bits per heavy atom. The maximum Gasteiger partial charge on any atom is 0.223 e. The zero-order chi connectivity index (χ0) is 13.9. The van der Waals surface area contributed by atoms with Gasteiger partial charge in [0.1, 0.15) is 19.1 Å². The number of amides is 1. The molecule has 2 atom stereocenters. The fourth-order valence-electron chi connectivity index (χ4n) is 2.99. The van der Waals surface area contributed by atoms with Gasteiger partial charge in [-0.05, 0) is 31.2 Å². The van der Waals surface area contributed by atoms with E-state index >= 15 is 0 Å². The van der Waals surface area contributed by atoms with Crippen molar-refractivity contribution in [2.75, 3.05) is 26.3 Å². The molecule has 4 nitrogen and oxygen atoms in total. The van der Waals surface area contributed by atoms with Crippen LogP contribution in [-0.4, -0.2) is 38.3 Å². The van der Waals surface area contributed by atoms with Crippen LogP contribution in [0.2, 0.25) is 0 Å². The average Bonchev–Trinajstić information content (AvgIpc) is 3.18. The summed E-state index contributed by atoms with van der Waals surface area (Å²) in [5.41, 5.74) is 0. The van der Waals surface area contributed by atoms with E-state index in [1.165, 1.54) is 9.78 Å². The quantitative estimate of drug-likeness (QED) is 0.836. The number of quaternary nitrogens is 1. The van der Waals surface area contributed by atoms with Crippen molar-refractivity contribution in [3.8, 4) is 0 Å². The van der Waals surface area contributed by atoms with Crippen molar-refractivity contribution in [2.45, 2.75) is 31.8 Å². The topological polar surface area (TPSA) is 42.8 Å². The second-order valence-electron chi connectivity index (χ2n) is 5.84. The van der Waals surface area contributed by atoms with E-state index in [1.807, 2.05) is 0 Å². The Labute approximate surface area is 124 Å². The van der Waals surface area contributed by atoms with E-state index in [9.17, 15) is 4.79 Å². The van der Waals surface area contributed by atoms with Crippen LogP contribution in [0.25, 0.3) is 0 Å². The number of hydrogen-bond donors (Lipinski definition) is 2. The van der Waals surface area contributed by atoms with Crippen molar-refractivity contribution < 1.29 is 14.4 Å². The predicted octanol–water partition coefficient (Wildman–Crippen LogP) is 0.619. The number of rotatable bonds is 5. The lowest BCUT2D eigenvalue weighted by Crippen LogP contribution is -3.15. The van der Waals surface area contributed by atoms with Crippen LogP contribution in [0, 0.1) is 5.92 Å². The van der Waals surface area contributed by atoms with Crippen molar-refractivity contribution in [3.05, 3.63) is 22.4 Å². The number of nitrogens with one attached hydrogen (secondary N) is 2. The molecule has 0 bridgehead atoms. The maximum absolute atomic E-state index is 12.0. The highest BCUT2D eigenvalue weighted by Gasteiger charge is 2.36. The molecule has 1 amide bonds. The van der Waals surface area contributed by atoms with Crippen molar-refractivity contribution in [1.29, 1.82) is 0 Å². The Bertz CT molecular complexity index is 439. The van der Waals surface area contributed by atoms with Crippen molar-refractivity contribution in [1.82, 2.24) is 5.32 Å². The fourth-order valence-corrected chi connectivity index (χ4v) is 3.97. The first-order valence-electron chi connectivity index (χ1n) is 7.52. The van der Waals surface area contributed by atoms with Gasteiger partial charge in [0.15, 0.2) is 0 Å². The Balaban J connectivity index is 1.71. The molecule has 20 heavy (non-hydrogen) atoms. The molecular formula is C15H23N2O2S+. The van der Waals surface area contributed by atoms with Crippen LogP contribution in [0.4, 0.5) is 0 Å². The molecule has 0 radical (unpaired) electrons. The third-order valence-electron chi connectivity index (χ3n) is 4.24. The molecule has 0 unspecified atom stereocenters. The highest BCUT2D eigenvalue weighted by molar-refractivity contribution is 7.10. The van der Waals surface area contributed by atoms with Gasteiger partial charge in [-0.25, -0.2) is 0 Å². The van der Waals surface area contributed by atoms with E-state index in [0.717, 1.165) is 39.1 Å². The Morgan fingerprint density at radius 3 is 2.80 bits per heavy atom. The van der Waals surface area contributed by atoms with Gasteiger partial charge in [0, 0.05) is 5.92 Å². The summed E-state index contributed by atoms with van der Waals surface area (Å²) < 4.78 is 5.47. The first-order chi connectivity index (χ1) is 9.75. The molecule has 2 heterocycles. The summed E-state index contributed by atoms with van der Waals surface area (Å²) in [6.45, 7) is 5.83. The highest BCUT2D eigenvalue weighted by atomic mass is 32.1. The molecule has 1 aliphatic heterocycles. The lowest BCUT2D eigenvalue weighted by molar-refractivity contribution is -0.939. The van der Waals surface area contributed by atoms with Crippen molar-refractivity contribution in [2.24, 2.45) is 5.92 Å². The molecule has 1 saturated heterocycles. The number of thiophene rings is 1. The smallest absolute Gasteiger partial charge is 0.223 e. The molecule has 2 fully saturated rings. The number of hydrogen-bond acceptors (Lipinski definition) is 3. The zero-order valence-electron chi connectivity index (χ0n) is 11.9. The number of morpholine rings is 1. The third-order valence-corrected chi connectivity index (χ3v) is 5.20. The lowest BCUT2D eigenvalue weighted by atomic mass is 10.1. The molecule has 1 aliphatic carbocycles. The first kappa shape index (κ1) is 14.0. The number of carbonyl (C=O) groups is 1. The zero-order valence-corrected chi connectivity index (χ0v) is 12.7. The van der Waals surface area contributed by atoms with Crippen LogP contribution >= 0.6 is 11.3 Å². The molecule has 2 N–H and O–H groups in total. The lowest BCUT2D eigenvalue weighted by Gasteiger charge is -2.34. The summed E-state index contributed by atoms with van der Waals surface area (Å²) >= 11 is 1.79. The van der Waals surface area contributed by atoms with Gasteiger partial charge in [-0.15, -0.1) is 11.3 Å². The van der Waals surface area contributed by atoms with Crippen LogP contribution in [0.15, 0.2) is 17.5 Å². The monoisotopic (exact) mass is 295 g/mol.